The number of piperidine rings is 1. The van der Waals surface area contributed by atoms with Crippen molar-refractivity contribution in [3.8, 4) is 0 Å². The van der Waals surface area contributed by atoms with Crippen LogP contribution in [0.15, 0.2) is 24.3 Å². The monoisotopic (exact) mass is 333 g/mol. The molecule has 0 radical (unpaired) electrons. The van der Waals surface area contributed by atoms with Gasteiger partial charge in [-0.2, -0.15) is 0 Å². The van der Waals surface area contributed by atoms with E-state index >= 15 is 0 Å². The van der Waals surface area contributed by atoms with Crippen LogP contribution in [0.3, 0.4) is 0 Å². The van der Waals surface area contributed by atoms with Gasteiger partial charge in [0, 0.05) is 31.7 Å². The van der Waals surface area contributed by atoms with Crippen LogP contribution < -0.4 is 10.6 Å². The summed E-state index contributed by atoms with van der Waals surface area (Å²) in [4.78, 5) is 26.7. The van der Waals surface area contributed by atoms with Crippen molar-refractivity contribution in [3.63, 3.8) is 0 Å². The molecular weight excluding hydrogens is 309 g/mol. The molecule has 1 aliphatic carbocycles. The highest BCUT2D eigenvalue weighted by Gasteiger charge is 2.43. The molecule has 1 aromatic carbocycles. The van der Waals surface area contributed by atoms with Gasteiger partial charge >= 0.3 is 0 Å². The van der Waals surface area contributed by atoms with Crippen molar-refractivity contribution in [2.75, 3.05) is 25.5 Å². The summed E-state index contributed by atoms with van der Waals surface area (Å²) < 4.78 is 13.4. The van der Waals surface area contributed by atoms with Crippen LogP contribution >= 0.6 is 0 Å². The Labute approximate surface area is 141 Å². The Hall–Kier alpha value is -2.11. The lowest BCUT2D eigenvalue weighted by atomic mass is 9.82. The van der Waals surface area contributed by atoms with Gasteiger partial charge < -0.3 is 15.5 Å². The molecule has 1 heterocycles. The average molecular weight is 333 g/mol. The van der Waals surface area contributed by atoms with Gasteiger partial charge in [0.1, 0.15) is 11.4 Å². The molecule has 2 N–H and O–H groups in total. The number of carbonyl (C=O) groups is 2. The SMILES string of the molecule is CNC(=O)C1(Nc2cccc(F)c2)CCN(C(=O)C2CCC2)CC1. The van der Waals surface area contributed by atoms with Crippen molar-refractivity contribution in [2.45, 2.75) is 37.6 Å². The molecule has 2 amide bonds. The Morgan fingerprint density at radius 3 is 2.50 bits per heavy atom. The van der Waals surface area contributed by atoms with Gasteiger partial charge in [-0.3, -0.25) is 9.59 Å². The molecule has 1 saturated heterocycles. The van der Waals surface area contributed by atoms with Crippen molar-refractivity contribution in [1.29, 1.82) is 0 Å². The highest BCUT2D eigenvalue weighted by atomic mass is 19.1. The molecule has 0 unspecified atom stereocenters. The number of anilines is 1. The number of likely N-dealkylation sites (N-methyl/N-ethyl adjacent to an activating group) is 1. The summed E-state index contributed by atoms with van der Waals surface area (Å²) >= 11 is 0. The second kappa shape index (κ2) is 6.79. The fourth-order valence-electron chi connectivity index (χ4n) is 3.51. The topological polar surface area (TPSA) is 61.4 Å². The number of hydrogen-bond acceptors (Lipinski definition) is 3. The van der Waals surface area contributed by atoms with Gasteiger partial charge in [0.2, 0.25) is 11.8 Å². The lowest BCUT2D eigenvalue weighted by Gasteiger charge is -2.43. The van der Waals surface area contributed by atoms with Crippen LogP contribution in [0.2, 0.25) is 0 Å². The van der Waals surface area contributed by atoms with Crippen molar-refractivity contribution < 1.29 is 14.0 Å². The van der Waals surface area contributed by atoms with E-state index in [-0.39, 0.29) is 23.5 Å². The maximum absolute atomic E-state index is 13.4. The summed E-state index contributed by atoms with van der Waals surface area (Å²) in [5.41, 5.74) is -0.226. The molecule has 2 aliphatic rings. The number of nitrogens with zero attached hydrogens (tertiary/aromatic N) is 1. The summed E-state index contributed by atoms with van der Waals surface area (Å²) in [5.74, 6) is -0.0710. The molecule has 5 nitrogen and oxygen atoms in total. The number of rotatable bonds is 4. The number of hydrogen-bond donors (Lipinski definition) is 2. The van der Waals surface area contributed by atoms with E-state index in [0.717, 1.165) is 19.3 Å². The third kappa shape index (κ3) is 3.23. The van der Waals surface area contributed by atoms with E-state index in [0.29, 0.717) is 31.6 Å². The van der Waals surface area contributed by atoms with Gasteiger partial charge in [0.15, 0.2) is 0 Å². The van der Waals surface area contributed by atoms with Crippen LogP contribution in [0.1, 0.15) is 32.1 Å². The molecular formula is C18H24FN3O2. The summed E-state index contributed by atoms with van der Waals surface area (Å²) in [6.07, 6.45) is 4.13. The van der Waals surface area contributed by atoms with E-state index in [9.17, 15) is 14.0 Å². The zero-order chi connectivity index (χ0) is 17.2. The largest absolute Gasteiger partial charge is 0.371 e. The number of amides is 2. The lowest BCUT2D eigenvalue weighted by molar-refractivity contribution is -0.141. The molecule has 0 aromatic heterocycles. The molecule has 1 aliphatic heterocycles. The fourth-order valence-corrected chi connectivity index (χ4v) is 3.51. The molecule has 0 atom stereocenters. The van der Waals surface area contributed by atoms with E-state index < -0.39 is 5.54 Å². The second-order valence-corrected chi connectivity index (χ2v) is 6.75. The predicted octanol–water partition coefficient (Wildman–Crippen LogP) is 2.14. The Kier molecular flexibility index (Phi) is 4.73. The van der Waals surface area contributed by atoms with Crippen LogP contribution in [0.25, 0.3) is 0 Å². The first-order valence-corrected chi connectivity index (χ1v) is 8.59. The smallest absolute Gasteiger partial charge is 0.245 e. The van der Waals surface area contributed by atoms with E-state index in [4.69, 9.17) is 0 Å². The summed E-state index contributed by atoms with van der Waals surface area (Å²) in [6, 6.07) is 6.12. The first kappa shape index (κ1) is 16.7. The summed E-state index contributed by atoms with van der Waals surface area (Å²) in [5, 5.41) is 5.91. The highest BCUT2D eigenvalue weighted by molar-refractivity contribution is 5.90. The first-order valence-electron chi connectivity index (χ1n) is 8.59. The second-order valence-electron chi connectivity index (χ2n) is 6.75. The van der Waals surface area contributed by atoms with E-state index in [1.807, 2.05) is 4.90 Å². The highest BCUT2D eigenvalue weighted by Crippen LogP contribution is 2.32. The van der Waals surface area contributed by atoms with Crippen molar-refractivity contribution in [3.05, 3.63) is 30.1 Å². The minimum atomic E-state index is -0.807. The predicted molar refractivity (Wildman–Crippen MR) is 90.0 cm³/mol. The van der Waals surface area contributed by atoms with Crippen LogP contribution in [-0.2, 0) is 9.59 Å². The molecule has 3 rings (SSSR count). The Bertz CT molecular complexity index is 622. The molecule has 130 valence electrons. The maximum Gasteiger partial charge on any atom is 0.245 e. The first-order chi connectivity index (χ1) is 11.5. The zero-order valence-electron chi connectivity index (χ0n) is 14.0. The lowest BCUT2D eigenvalue weighted by Crippen LogP contribution is -2.59. The minimum absolute atomic E-state index is 0.123. The van der Waals surface area contributed by atoms with Crippen molar-refractivity contribution >= 4 is 17.5 Å². The van der Waals surface area contributed by atoms with Gasteiger partial charge in [0.05, 0.1) is 0 Å². The van der Waals surface area contributed by atoms with E-state index in [1.54, 1.807) is 19.2 Å². The maximum atomic E-state index is 13.4. The fraction of sp³-hybridized carbons (Fsp3) is 0.556. The van der Waals surface area contributed by atoms with Crippen LogP contribution in [0.4, 0.5) is 10.1 Å². The van der Waals surface area contributed by atoms with E-state index in [1.165, 1.54) is 12.1 Å². The Morgan fingerprint density at radius 2 is 1.96 bits per heavy atom. The molecule has 2 fully saturated rings. The average Bonchev–Trinajstić information content (AvgIpc) is 2.53. The standard InChI is InChI=1S/C18H24FN3O2/c1-20-17(24)18(21-15-7-3-6-14(19)12-15)8-10-22(11-9-18)16(23)13-4-2-5-13/h3,6-7,12-13,21H,2,4-5,8-11H2,1H3,(H,20,24). The van der Waals surface area contributed by atoms with Gasteiger partial charge in [-0.1, -0.05) is 12.5 Å². The number of halogens is 1. The molecule has 6 heteroatoms. The third-order valence-electron chi connectivity index (χ3n) is 5.25. The summed E-state index contributed by atoms with van der Waals surface area (Å²) in [7, 11) is 1.60. The molecule has 24 heavy (non-hydrogen) atoms. The quantitative estimate of drug-likeness (QED) is 0.887. The number of likely N-dealkylation sites (tertiary alicyclic amines) is 1. The normalized spacial score (nSPS) is 20.2. The zero-order valence-corrected chi connectivity index (χ0v) is 14.0. The molecule has 1 aromatic rings. The van der Waals surface area contributed by atoms with E-state index in [2.05, 4.69) is 10.6 Å². The Balaban J connectivity index is 1.71. The Morgan fingerprint density at radius 1 is 1.25 bits per heavy atom. The number of carbonyl (C=O) groups excluding carboxylic acids is 2. The molecule has 0 spiro atoms. The number of nitrogens with one attached hydrogen (secondary N) is 2. The van der Waals surface area contributed by atoms with Crippen LogP contribution in [0, 0.1) is 11.7 Å². The number of benzene rings is 1. The van der Waals surface area contributed by atoms with Crippen molar-refractivity contribution in [1.82, 2.24) is 10.2 Å². The van der Waals surface area contributed by atoms with Crippen LogP contribution in [-0.4, -0.2) is 42.4 Å². The molecule has 1 saturated carbocycles. The van der Waals surface area contributed by atoms with Crippen molar-refractivity contribution in [2.24, 2.45) is 5.92 Å². The van der Waals surface area contributed by atoms with Gasteiger partial charge in [-0.25, -0.2) is 4.39 Å². The third-order valence-corrected chi connectivity index (χ3v) is 5.25. The summed E-state index contributed by atoms with van der Waals surface area (Å²) in [6.45, 7) is 1.09. The molecule has 0 bridgehead atoms. The van der Waals surface area contributed by atoms with Gasteiger partial charge in [-0.05, 0) is 43.9 Å². The van der Waals surface area contributed by atoms with Gasteiger partial charge in [-0.15, -0.1) is 0 Å². The van der Waals surface area contributed by atoms with Crippen LogP contribution in [0.5, 0.6) is 0 Å². The van der Waals surface area contributed by atoms with Gasteiger partial charge in [0.25, 0.3) is 0 Å². The minimum Gasteiger partial charge on any atom is -0.371 e.